The molecule has 0 aromatic heterocycles. The fraction of sp³-hybridized carbons (Fsp3) is 0.364. The van der Waals surface area contributed by atoms with E-state index in [1.807, 2.05) is 24.3 Å². The van der Waals surface area contributed by atoms with Gasteiger partial charge in [-0.05, 0) is 25.0 Å². The monoisotopic (exact) mass is 188 g/mol. The van der Waals surface area contributed by atoms with E-state index in [9.17, 15) is 4.79 Å². The molecule has 2 aliphatic rings. The highest BCUT2D eigenvalue weighted by atomic mass is 16.2. The minimum absolute atomic E-state index is 0.0729. The van der Waals surface area contributed by atoms with E-state index < -0.39 is 0 Å². The number of hydrogen-bond acceptors (Lipinski definition) is 2. The van der Waals surface area contributed by atoms with Crippen molar-refractivity contribution >= 4 is 11.6 Å². The van der Waals surface area contributed by atoms with Gasteiger partial charge in [0.1, 0.15) is 6.17 Å². The number of carbonyl (C=O) groups is 1. The summed E-state index contributed by atoms with van der Waals surface area (Å²) in [4.78, 5) is 14.0. The molecular formula is C11H12N2O. The molecule has 1 atom stereocenters. The topological polar surface area (TPSA) is 32.3 Å². The van der Waals surface area contributed by atoms with Gasteiger partial charge in [-0.15, -0.1) is 0 Å². The summed E-state index contributed by atoms with van der Waals surface area (Å²) in [5, 5.41) is 3.02. The summed E-state index contributed by atoms with van der Waals surface area (Å²) in [6.45, 7) is 1.06. The second kappa shape index (κ2) is 2.74. The zero-order valence-corrected chi connectivity index (χ0v) is 7.86. The third-order valence-electron chi connectivity index (χ3n) is 3.01. The van der Waals surface area contributed by atoms with Crippen LogP contribution in [0.2, 0.25) is 0 Å². The van der Waals surface area contributed by atoms with Gasteiger partial charge in [0.2, 0.25) is 0 Å². The number of carbonyl (C=O) groups excluding carboxylic acids is 1. The second-order valence-corrected chi connectivity index (χ2v) is 3.84. The van der Waals surface area contributed by atoms with E-state index in [1.54, 1.807) is 0 Å². The summed E-state index contributed by atoms with van der Waals surface area (Å²) in [6, 6.07) is 7.83. The third kappa shape index (κ3) is 0.953. The van der Waals surface area contributed by atoms with E-state index in [-0.39, 0.29) is 12.1 Å². The Hall–Kier alpha value is -1.51. The first-order valence-electron chi connectivity index (χ1n) is 5.03. The smallest absolute Gasteiger partial charge is 0.254 e. The summed E-state index contributed by atoms with van der Waals surface area (Å²) in [5.74, 6) is 0.0729. The molecule has 3 rings (SSSR count). The lowest BCUT2D eigenvalue weighted by atomic mass is 10.1. The first kappa shape index (κ1) is 7.85. The van der Waals surface area contributed by atoms with Gasteiger partial charge in [0.05, 0.1) is 11.3 Å². The van der Waals surface area contributed by atoms with Gasteiger partial charge in [-0.1, -0.05) is 12.1 Å². The zero-order chi connectivity index (χ0) is 9.54. The molecule has 3 nitrogen and oxygen atoms in total. The number of amides is 1. The van der Waals surface area contributed by atoms with Crippen molar-refractivity contribution in [3.63, 3.8) is 0 Å². The van der Waals surface area contributed by atoms with E-state index in [1.165, 1.54) is 6.42 Å². The Bertz CT molecular complexity index is 389. The Morgan fingerprint density at radius 3 is 3.14 bits per heavy atom. The number of fused-ring (bicyclic) bond motifs is 3. The Morgan fingerprint density at radius 2 is 2.21 bits per heavy atom. The van der Waals surface area contributed by atoms with E-state index >= 15 is 0 Å². The Kier molecular flexibility index (Phi) is 1.54. The Morgan fingerprint density at radius 1 is 1.36 bits per heavy atom. The molecule has 1 aromatic carbocycles. The van der Waals surface area contributed by atoms with Crippen LogP contribution in [0.3, 0.4) is 0 Å². The lowest BCUT2D eigenvalue weighted by molar-refractivity contribution is 0.0931. The maximum atomic E-state index is 11.7. The van der Waals surface area contributed by atoms with Gasteiger partial charge in [-0.25, -0.2) is 0 Å². The van der Waals surface area contributed by atoms with Gasteiger partial charge in [-0.2, -0.15) is 0 Å². The Balaban J connectivity index is 2.13. The molecule has 0 bridgehead atoms. The molecule has 2 aliphatic heterocycles. The summed E-state index contributed by atoms with van der Waals surface area (Å²) in [6.07, 6.45) is 2.47. The average Bonchev–Trinajstić information content (AvgIpc) is 2.66. The van der Waals surface area contributed by atoms with Gasteiger partial charge in [-0.3, -0.25) is 4.79 Å². The van der Waals surface area contributed by atoms with E-state index in [0.29, 0.717) is 0 Å². The van der Waals surface area contributed by atoms with Crippen LogP contribution in [0, 0.1) is 0 Å². The van der Waals surface area contributed by atoms with Crippen LogP contribution in [-0.2, 0) is 0 Å². The highest BCUT2D eigenvalue weighted by molar-refractivity contribution is 6.02. The number of nitrogens with zero attached hydrogens (tertiary/aromatic N) is 1. The molecule has 1 amide bonds. The molecule has 1 unspecified atom stereocenters. The molecule has 0 spiro atoms. The molecule has 0 radical (unpaired) electrons. The summed E-state index contributed by atoms with van der Waals surface area (Å²) >= 11 is 0. The zero-order valence-electron chi connectivity index (χ0n) is 7.86. The largest absolute Gasteiger partial charge is 0.351 e. The van der Waals surface area contributed by atoms with Crippen molar-refractivity contribution in [2.24, 2.45) is 0 Å². The molecular weight excluding hydrogens is 176 g/mol. The number of rotatable bonds is 0. The van der Waals surface area contributed by atoms with Crippen LogP contribution in [0.4, 0.5) is 5.69 Å². The number of nitrogens with one attached hydrogen (secondary N) is 1. The van der Waals surface area contributed by atoms with E-state index in [2.05, 4.69) is 10.2 Å². The van der Waals surface area contributed by atoms with E-state index in [4.69, 9.17) is 0 Å². The Labute approximate surface area is 82.7 Å². The standard InChI is InChI=1S/C11H12N2O/c14-11-8-4-1-2-5-9(8)13-7-3-6-10(13)12-11/h1-2,4-5,10H,3,6-7H2,(H,12,14). The average molecular weight is 188 g/mol. The molecule has 72 valence electrons. The van der Waals surface area contributed by atoms with Crippen LogP contribution in [0.1, 0.15) is 23.2 Å². The molecule has 1 saturated heterocycles. The second-order valence-electron chi connectivity index (χ2n) is 3.84. The van der Waals surface area contributed by atoms with Crippen molar-refractivity contribution in [2.75, 3.05) is 11.4 Å². The van der Waals surface area contributed by atoms with Crippen molar-refractivity contribution in [2.45, 2.75) is 19.0 Å². The number of para-hydroxylation sites is 1. The van der Waals surface area contributed by atoms with Gasteiger partial charge < -0.3 is 10.2 Å². The van der Waals surface area contributed by atoms with Crippen LogP contribution in [0.25, 0.3) is 0 Å². The SMILES string of the molecule is O=C1NC2CCCN2c2ccccc21. The normalized spacial score (nSPS) is 24.1. The van der Waals surface area contributed by atoms with Gasteiger partial charge >= 0.3 is 0 Å². The molecule has 1 fully saturated rings. The highest BCUT2D eigenvalue weighted by Gasteiger charge is 2.33. The van der Waals surface area contributed by atoms with Crippen LogP contribution in [0.15, 0.2) is 24.3 Å². The van der Waals surface area contributed by atoms with Crippen molar-refractivity contribution in [1.82, 2.24) is 5.32 Å². The summed E-state index contributed by atoms with van der Waals surface area (Å²) in [5.41, 5.74) is 1.91. The van der Waals surface area contributed by atoms with Gasteiger partial charge in [0, 0.05) is 6.54 Å². The van der Waals surface area contributed by atoms with Crippen molar-refractivity contribution in [1.29, 1.82) is 0 Å². The maximum Gasteiger partial charge on any atom is 0.254 e. The molecule has 14 heavy (non-hydrogen) atoms. The van der Waals surface area contributed by atoms with Crippen molar-refractivity contribution in [3.8, 4) is 0 Å². The van der Waals surface area contributed by atoms with Gasteiger partial charge in [0.25, 0.3) is 5.91 Å². The highest BCUT2D eigenvalue weighted by Crippen LogP contribution is 2.30. The predicted octanol–water partition coefficient (Wildman–Crippen LogP) is 1.36. The molecule has 2 heterocycles. The molecule has 0 saturated carbocycles. The lowest BCUT2D eigenvalue weighted by Gasteiger charge is -2.33. The number of anilines is 1. The van der Waals surface area contributed by atoms with Crippen molar-refractivity contribution in [3.05, 3.63) is 29.8 Å². The molecule has 0 aliphatic carbocycles. The number of benzene rings is 1. The number of hydrogen-bond donors (Lipinski definition) is 1. The minimum Gasteiger partial charge on any atom is -0.351 e. The maximum absolute atomic E-state index is 11.7. The predicted molar refractivity (Wildman–Crippen MR) is 54.3 cm³/mol. The molecule has 3 heteroatoms. The summed E-state index contributed by atoms with van der Waals surface area (Å²) < 4.78 is 0. The lowest BCUT2D eigenvalue weighted by Crippen LogP contribution is -2.49. The van der Waals surface area contributed by atoms with Crippen LogP contribution in [0.5, 0.6) is 0 Å². The fourth-order valence-corrected chi connectivity index (χ4v) is 2.35. The molecule has 1 N–H and O–H groups in total. The quantitative estimate of drug-likeness (QED) is 0.666. The van der Waals surface area contributed by atoms with Crippen molar-refractivity contribution < 1.29 is 4.79 Å². The van der Waals surface area contributed by atoms with Gasteiger partial charge in [0.15, 0.2) is 0 Å². The van der Waals surface area contributed by atoms with Crippen LogP contribution >= 0.6 is 0 Å². The fourth-order valence-electron chi connectivity index (χ4n) is 2.35. The van der Waals surface area contributed by atoms with Crippen LogP contribution < -0.4 is 10.2 Å². The van der Waals surface area contributed by atoms with E-state index in [0.717, 1.165) is 24.2 Å². The summed E-state index contributed by atoms with van der Waals surface area (Å²) in [7, 11) is 0. The first-order chi connectivity index (χ1) is 6.86. The van der Waals surface area contributed by atoms with Crippen LogP contribution in [-0.4, -0.2) is 18.6 Å². The minimum atomic E-state index is 0.0729. The first-order valence-corrected chi connectivity index (χ1v) is 5.03. The molecule has 1 aromatic rings. The third-order valence-corrected chi connectivity index (χ3v) is 3.01.